The van der Waals surface area contributed by atoms with Crippen LogP contribution in [0.15, 0.2) is 60.8 Å². The number of esters is 3. The monoisotopic (exact) mass is 1120 g/mol. The van der Waals surface area contributed by atoms with E-state index in [1.54, 1.807) is 0 Å². The second kappa shape index (κ2) is 68.6. The van der Waals surface area contributed by atoms with Crippen molar-refractivity contribution in [1.29, 1.82) is 0 Å². The van der Waals surface area contributed by atoms with Crippen molar-refractivity contribution in [3.8, 4) is 0 Å². The first-order valence-corrected chi connectivity index (χ1v) is 35.3. The molecule has 0 saturated carbocycles. The van der Waals surface area contributed by atoms with Gasteiger partial charge < -0.3 is 14.2 Å². The maximum absolute atomic E-state index is 12.9. The fraction of sp³-hybridized carbons (Fsp3) is 0.824. The molecule has 0 saturated heterocycles. The normalized spacial score (nSPS) is 12.4. The highest BCUT2D eigenvalue weighted by Crippen LogP contribution is 2.19. The molecule has 0 N–H and O–H groups in total. The molecule has 466 valence electrons. The lowest BCUT2D eigenvalue weighted by Gasteiger charge is -2.18. The zero-order chi connectivity index (χ0) is 57.8. The van der Waals surface area contributed by atoms with Crippen LogP contribution in [-0.4, -0.2) is 37.2 Å². The maximum atomic E-state index is 12.9. The topological polar surface area (TPSA) is 78.9 Å². The van der Waals surface area contributed by atoms with Crippen molar-refractivity contribution in [2.45, 2.75) is 380 Å². The van der Waals surface area contributed by atoms with E-state index < -0.39 is 6.10 Å². The first-order valence-electron chi connectivity index (χ1n) is 35.3. The number of rotatable bonds is 65. The van der Waals surface area contributed by atoms with E-state index in [0.29, 0.717) is 19.3 Å². The lowest BCUT2D eigenvalue weighted by Crippen LogP contribution is -2.30. The molecule has 80 heavy (non-hydrogen) atoms. The van der Waals surface area contributed by atoms with Gasteiger partial charge in [0.25, 0.3) is 0 Å². The van der Waals surface area contributed by atoms with Gasteiger partial charge in [-0.1, -0.05) is 358 Å². The summed E-state index contributed by atoms with van der Waals surface area (Å²) in [5, 5.41) is 0. The van der Waals surface area contributed by atoms with Crippen LogP contribution in [0.25, 0.3) is 0 Å². The van der Waals surface area contributed by atoms with E-state index in [-0.39, 0.29) is 37.5 Å². The molecule has 1 atom stereocenters. The average Bonchev–Trinajstić information content (AvgIpc) is 3.46. The standard InChI is InChI=1S/C74H134O6/c1-4-7-10-13-16-19-22-25-28-31-32-33-34-35-36-37-38-39-40-41-44-46-49-52-55-58-61-64-67-73(76)79-70-71(80-74(77)68-65-62-59-56-53-50-47-43-30-27-24-21-18-15-12-9-6-3)69-78-72(75)66-63-60-57-54-51-48-45-42-29-26-23-20-17-14-11-8-5-2/h9,12,18,21,27,30,47,50,56,59,71H,4-8,10-11,13-17,19-20,22-26,28-29,31-46,48-49,51-55,57-58,60-70H2,1-3H3/b12-9-,21-18-,30-27-,50-47-,59-56-. The third kappa shape index (κ3) is 65.9. The van der Waals surface area contributed by atoms with Gasteiger partial charge in [0.15, 0.2) is 6.10 Å². The van der Waals surface area contributed by atoms with E-state index in [2.05, 4.69) is 81.5 Å². The Morgan fingerprint density at radius 3 is 0.750 bits per heavy atom. The Morgan fingerprint density at radius 1 is 0.263 bits per heavy atom. The summed E-state index contributed by atoms with van der Waals surface area (Å²) in [6.07, 6.45) is 88.4. The van der Waals surface area contributed by atoms with Crippen molar-refractivity contribution in [2.75, 3.05) is 13.2 Å². The predicted octanol–water partition coefficient (Wildman–Crippen LogP) is 24.3. The van der Waals surface area contributed by atoms with Gasteiger partial charge in [-0.25, -0.2) is 0 Å². The molecule has 6 heteroatoms. The van der Waals surface area contributed by atoms with Crippen LogP contribution in [0.4, 0.5) is 0 Å². The molecule has 0 heterocycles. The van der Waals surface area contributed by atoms with Crippen LogP contribution in [0.1, 0.15) is 374 Å². The van der Waals surface area contributed by atoms with Gasteiger partial charge in [0.05, 0.1) is 0 Å². The first-order chi connectivity index (χ1) is 39.5. The smallest absolute Gasteiger partial charge is 0.306 e. The molecule has 1 unspecified atom stereocenters. The Labute approximate surface area is 498 Å². The molecule has 0 rings (SSSR count). The minimum absolute atomic E-state index is 0.0920. The molecule has 0 aliphatic heterocycles. The molecule has 0 bridgehead atoms. The lowest BCUT2D eigenvalue weighted by atomic mass is 10.0. The number of hydrogen-bond donors (Lipinski definition) is 0. The van der Waals surface area contributed by atoms with E-state index in [9.17, 15) is 14.4 Å². The summed E-state index contributed by atoms with van der Waals surface area (Å²) >= 11 is 0. The number of carbonyl (C=O) groups excluding carboxylic acids is 3. The van der Waals surface area contributed by atoms with Crippen molar-refractivity contribution < 1.29 is 28.6 Å². The van der Waals surface area contributed by atoms with E-state index in [0.717, 1.165) is 77.0 Å². The van der Waals surface area contributed by atoms with Crippen LogP contribution in [0, 0.1) is 0 Å². The Hall–Kier alpha value is -2.89. The summed E-state index contributed by atoms with van der Waals surface area (Å²) in [6.45, 7) is 6.55. The molecule has 0 spiro atoms. The minimum atomic E-state index is -0.802. The van der Waals surface area contributed by atoms with Gasteiger partial charge in [-0.05, 0) is 57.8 Å². The molecule has 0 aliphatic rings. The highest BCUT2D eigenvalue weighted by Gasteiger charge is 2.19. The zero-order valence-corrected chi connectivity index (χ0v) is 53.6. The van der Waals surface area contributed by atoms with Crippen molar-refractivity contribution in [3.05, 3.63) is 60.8 Å². The van der Waals surface area contributed by atoms with Crippen molar-refractivity contribution in [3.63, 3.8) is 0 Å². The fourth-order valence-corrected chi connectivity index (χ4v) is 10.5. The molecule has 0 aliphatic carbocycles. The lowest BCUT2D eigenvalue weighted by molar-refractivity contribution is -0.167. The van der Waals surface area contributed by atoms with Crippen LogP contribution in [0.5, 0.6) is 0 Å². The first kappa shape index (κ1) is 77.1. The third-order valence-corrected chi connectivity index (χ3v) is 15.8. The van der Waals surface area contributed by atoms with Gasteiger partial charge in [-0.2, -0.15) is 0 Å². The Kier molecular flexibility index (Phi) is 66.1. The fourth-order valence-electron chi connectivity index (χ4n) is 10.5. The zero-order valence-electron chi connectivity index (χ0n) is 53.6. The van der Waals surface area contributed by atoms with E-state index in [4.69, 9.17) is 14.2 Å². The van der Waals surface area contributed by atoms with Crippen LogP contribution >= 0.6 is 0 Å². The molecular weight excluding hydrogens is 985 g/mol. The molecule has 0 aromatic carbocycles. The summed E-state index contributed by atoms with van der Waals surface area (Å²) in [7, 11) is 0. The van der Waals surface area contributed by atoms with Crippen LogP contribution < -0.4 is 0 Å². The van der Waals surface area contributed by atoms with Crippen molar-refractivity contribution in [2.24, 2.45) is 0 Å². The summed E-state index contributed by atoms with van der Waals surface area (Å²) < 4.78 is 16.9. The van der Waals surface area contributed by atoms with Gasteiger partial charge >= 0.3 is 17.9 Å². The molecular formula is C74H134O6. The van der Waals surface area contributed by atoms with Crippen LogP contribution in [-0.2, 0) is 28.6 Å². The van der Waals surface area contributed by atoms with Crippen molar-refractivity contribution in [1.82, 2.24) is 0 Å². The number of unbranched alkanes of at least 4 members (excludes halogenated alkanes) is 44. The number of ether oxygens (including phenoxy) is 3. The molecule has 0 radical (unpaired) electrons. The van der Waals surface area contributed by atoms with E-state index in [1.165, 1.54) is 250 Å². The molecule has 0 fully saturated rings. The van der Waals surface area contributed by atoms with Gasteiger partial charge in [0.2, 0.25) is 0 Å². The molecule has 0 amide bonds. The highest BCUT2D eigenvalue weighted by molar-refractivity contribution is 5.71. The third-order valence-electron chi connectivity index (χ3n) is 15.8. The Morgan fingerprint density at radius 2 is 0.487 bits per heavy atom. The Bertz CT molecular complexity index is 1430. The number of carbonyl (C=O) groups is 3. The second-order valence-corrected chi connectivity index (χ2v) is 23.8. The average molecular weight is 1120 g/mol. The van der Waals surface area contributed by atoms with Crippen LogP contribution in [0.3, 0.4) is 0 Å². The summed E-state index contributed by atoms with van der Waals surface area (Å²) in [4.78, 5) is 38.4. The summed E-state index contributed by atoms with van der Waals surface area (Å²) in [6, 6.07) is 0. The molecule has 0 aromatic heterocycles. The number of allylic oxidation sites excluding steroid dienone is 10. The predicted molar refractivity (Wildman–Crippen MR) is 348 cm³/mol. The minimum Gasteiger partial charge on any atom is -0.462 e. The summed E-state index contributed by atoms with van der Waals surface area (Å²) in [5.41, 5.74) is 0. The van der Waals surface area contributed by atoms with Crippen molar-refractivity contribution >= 4 is 17.9 Å². The Balaban J connectivity index is 4.27. The maximum Gasteiger partial charge on any atom is 0.306 e. The molecule has 0 aromatic rings. The van der Waals surface area contributed by atoms with E-state index in [1.807, 2.05) is 0 Å². The van der Waals surface area contributed by atoms with Gasteiger partial charge in [-0.15, -0.1) is 0 Å². The highest BCUT2D eigenvalue weighted by atomic mass is 16.6. The second-order valence-electron chi connectivity index (χ2n) is 23.8. The largest absolute Gasteiger partial charge is 0.462 e. The van der Waals surface area contributed by atoms with Gasteiger partial charge in [0, 0.05) is 19.3 Å². The summed E-state index contributed by atoms with van der Waals surface area (Å²) in [5.74, 6) is -0.926. The van der Waals surface area contributed by atoms with Gasteiger partial charge in [0.1, 0.15) is 13.2 Å². The molecule has 6 nitrogen and oxygen atoms in total. The van der Waals surface area contributed by atoms with Gasteiger partial charge in [-0.3, -0.25) is 14.4 Å². The van der Waals surface area contributed by atoms with E-state index >= 15 is 0 Å². The van der Waals surface area contributed by atoms with Crippen LogP contribution in [0.2, 0.25) is 0 Å². The number of hydrogen-bond acceptors (Lipinski definition) is 6. The SMILES string of the molecule is CC/C=C\C/C=C\C/C=C\C/C=C\C/C=C\CCCC(=O)OC(COC(=O)CCCCCCCCCCCCCCCCCCC)COC(=O)CCCCCCCCCCCCCCCCCCCCCCCCCCCCCC. The quantitative estimate of drug-likeness (QED) is 0.0261.